The molecular weight excluding hydrogens is 1050 g/mol. The quantitative estimate of drug-likeness (QED) is 0.100. The minimum Gasteiger partial charge on any atom is -0.496 e. The number of ether oxygens (including phenoxy) is 4. The molecule has 71 heavy (non-hydrogen) atoms. The Morgan fingerprint density at radius 3 is 1.49 bits per heavy atom. The smallest absolute Gasteiger partial charge is 0.349 e. The number of hydrogen-bond acceptors (Lipinski definition) is 13. The van der Waals surface area contributed by atoms with Gasteiger partial charge in [-0.3, -0.25) is 24.4 Å². The van der Waals surface area contributed by atoms with Gasteiger partial charge < -0.3 is 34.3 Å². The number of rotatable bonds is 10. The van der Waals surface area contributed by atoms with Crippen LogP contribution in [0.2, 0.25) is 30.4 Å². The summed E-state index contributed by atoms with van der Waals surface area (Å²) in [6, 6.07) is 15.6. The summed E-state index contributed by atoms with van der Waals surface area (Å²) in [5.74, 6) is 1.50. The number of carbonyl (C=O) groups excluding carboxylic acids is 1. The van der Waals surface area contributed by atoms with Gasteiger partial charge in [0.15, 0.2) is 11.5 Å². The number of aromatic nitrogens is 6. The SMILES string of the molecule is C1CC2CC1CN2.COc1ccc(Oc2c(Cl)cc(-n3nc(Cl)c(=O)[nH]c3=O)cc2Cl)cc1C(=O)N1CC2CCC1C2.COc1ccc(Oc2c(Cl)cc(-n3nc(Cl)c(=O)[nH]c3=O)cc2Cl)cc1C(=O)O.[2HH]. The van der Waals surface area contributed by atoms with Gasteiger partial charge in [0.1, 0.15) is 28.6 Å². The second-order valence-corrected chi connectivity index (χ2v) is 19.1. The Hall–Kier alpha value is -6.06. The summed E-state index contributed by atoms with van der Waals surface area (Å²) < 4.78 is 23.6. The standard InChI is InChI=1S/C23H19Cl3N4O5.C17H10Cl3N3O6.C6H11N.H2/c1-34-18-5-4-14(9-15(18)22(32)29-10-11-2-3-12(29)6-11)35-19-16(24)7-13(8-17(19)25)30-23(33)27-21(31)20(26)28-30;1-28-12-3-2-8(6-9(12)16(25)26)29-13-10(18)4-7(5-11(13)19)23-17(27)21-15(24)14(20)22-23;1-2-6-3-5(1)4-7-6;/h4-5,7-9,11-12H,2-3,6,10H2,1H3,(H,27,31,33);2-6H,1H3,(H,25,26)(H,21,24,27);5-7H,1-4H2;1H/i;;;1+1. The molecule has 4 aromatic carbocycles. The van der Waals surface area contributed by atoms with Crippen molar-refractivity contribution < 1.29 is 35.1 Å². The molecule has 374 valence electrons. The molecule has 10 rings (SSSR count). The van der Waals surface area contributed by atoms with Gasteiger partial charge in [-0.2, -0.15) is 9.36 Å². The van der Waals surface area contributed by atoms with Crippen LogP contribution in [-0.2, 0) is 0 Å². The van der Waals surface area contributed by atoms with Crippen LogP contribution in [0.4, 0.5) is 0 Å². The third-order valence-electron chi connectivity index (χ3n) is 12.2. The number of aromatic carboxylic acids is 1. The number of methoxy groups -OCH3 is 2. The fourth-order valence-electron chi connectivity index (χ4n) is 8.82. The number of hydrogen-bond donors (Lipinski definition) is 4. The van der Waals surface area contributed by atoms with E-state index in [4.69, 9.17) is 88.6 Å². The first-order valence-electron chi connectivity index (χ1n) is 21.7. The van der Waals surface area contributed by atoms with Gasteiger partial charge in [-0.05, 0) is 118 Å². The van der Waals surface area contributed by atoms with Gasteiger partial charge in [-0.1, -0.05) is 69.6 Å². The van der Waals surface area contributed by atoms with E-state index < -0.39 is 38.8 Å². The minimum atomic E-state index is -1.21. The van der Waals surface area contributed by atoms with Crippen molar-refractivity contribution in [2.75, 3.05) is 27.3 Å². The van der Waals surface area contributed by atoms with Crippen molar-refractivity contribution >= 4 is 81.5 Å². The Labute approximate surface area is 433 Å². The zero-order valence-corrected chi connectivity index (χ0v) is 41.8. The monoisotopic (exact) mass is 1090 g/mol. The summed E-state index contributed by atoms with van der Waals surface area (Å²) in [6.45, 7) is 2.06. The number of likely N-dealkylation sites (tertiary alicyclic amines) is 1. The van der Waals surface area contributed by atoms with Gasteiger partial charge in [0.2, 0.25) is 10.3 Å². The van der Waals surface area contributed by atoms with E-state index in [1.807, 2.05) is 9.88 Å². The Morgan fingerprint density at radius 2 is 1.13 bits per heavy atom. The molecule has 4 atom stereocenters. The number of piperidine rings is 2. The van der Waals surface area contributed by atoms with E-state index in [2.05, 4.69) is 20.5 Å². The summed E-state index contributed by atoms with van der Waals surface area (Å²) in [4.78, 5) is 77.5. The average molecular weight is 1100 g/mol. The second kappa shape index (κ2) is 21.7. The summed E-state index contributed by atoms with van der Waals surface area (Å²) in [5, 5.41) is 19.4. The summed E-state index contributed by atoms with van der Waals surface area (Å²) in [5.41, 5.74) is -2.74. The van der Waals surface area contributed by atoms with Crippen molar-refractivity contribution in [1.29, 1.82) is 0 Å². The molecule has 4 unspecified atom stereocenters. The molecule has 2 aliphatic carbocycles. The van der Waals surface area contributed by atoms with Crippen molar-refractivity contribution in [2.45, 2.75) is 50.6 Å². The van der Waals surface area contributed by atoms with Crippen LogP contribution in [0.1, 0.15) is 60.7 Å². The Morgan fingerprint density at radius 1 is 0.648 bits per heavy atom. The number of amides is 1. The maximum atomic E-state index is 13.3. The molecule has 0 radical (unpaired) electrons. The lowest BCUT2D eigenvalue weighted by atomic mass is 10.1. The third-order valence-corrected chi connectivity index (χ3v) is 13.8. The number of carboxylic acid groups (broad SMARTS) is 1. The number of aromatic amines is 2. The molecule has 2 saturated carbocycles. The average Bonchev–Trinajstić information content (AvgIpc) is 4.19. The number of carboxylic acids is 1. The number of H-pyrrole nitrogens is 2. The maximum Gasteiger partial charge on any atom is 0.349 e. The molecular formula is C46H42Cl6N8O11. The number of nitrogens with one attached hydrogen (secondary N) is 3. The number of halogens is 6. The van der Waals surface area contributed by atoms with E-state index in [1.54, 1.807) is 18.2 Å². The first-order chi connectivity index (χ1) is 33.9. The predicted octanol–water partition coefficient (Wildman–Crippen LogP) is 8.69. The maximum absolute atomic E-state index is 13.3. The molecule has 4 aliphatic rings. The van der Waals surface area contributed by atoms with Gasteiger partial charge in [0.05, 0.1) is 51.2 Å². The van der Waals surface area contributed by atoms with Crippen molar-refractivity contribution in [3.63, 3.8) is 0 Å². The molecule has 6 aromatic rings. The number of benzene rings is 4. The van der Waals surface area contributed by atoms with Gasteiger partial charge >= 0.3 is 17.3 Å². The van der Waals surface area contributed by atoms with E-state index in [-0.39, 0.29) is 73.4 Å². The van der Waals surface area contributed by atoms with E-state index in [0.717, 1.165) is 47.1 Å². The number of carbonyl (C=O) groups is 2. The fraction of sp³-hybridized carbons (Fsp3) is 0.304. The Bertz CT molecular complexity index is 3250. The fourth-order valence-corrected chi connectivity index (χ4v) is 10.2. The largest absolute Gasteiger partial charge is 0.496 e. The number of nitrogens with zero attached hydrogens (tertiary/aromatic N) is 5. The van der Waals surface area contributed by atoms with Crippen LogP contribution in [0.15, 0.2) is 79.8 Å². The molecule has 4 N–H and O–H groups in total. The molecule has 19 nitrogen and oxygen atoms in total. The molecule has 25 heteroatoms. The lowest BCUT2D eigenvalue weighted by molar-refractivity contribution is 0.0686. The summed E-state index contributed by atoms with van der Waals surface area (Å²) in [7, 11) is 2.85. The topological polar surface area (TPSA) is 242 Å². The van der Waals surface area contributed by atoms with Crippen molar-refractivity contribution in [2.24, 2.45) is 11.8 Å². The highest BCUT2D eigenvalue weighted by Crippen LogP contribution is 2.42. The van der Waals surface area contributed by atoms with Crippen LogP contribution < -0.4 is 46.8 Å². The van der Waals surface area contributed by atoms with Crippen LogP contribution in [0.25, 0.3) is 11.4 Å². The normalized spacial score (nSPS) is 18.3. The molecule has 2 aromatic heterocycles. The van der Waals surface area contributed by atoms with Crippen LogP contribution in [0.5, 0.6) is 34.5 Å². The molecule has 0 spiro atoms. The van der Waals surface area contributed by atoms with Gasteiger partial charge in [-0.15, -0.1) is 10.2 Å². The van der Waals surface area contributed by atoms with E-state index in [0.29, 0.717) is 23.0 Å². The lowest BCUT2D eigenvalue weighted by Gasteiger charge is -2.27. The Kier molecular flexibility index (Phi) is 15.7. The van der Waals surface area contributed by atoms with Gasteiger partial charge in [0, 0.05) is 20.1 Å². The first kappa shape index (κ1) is 51.3. The van der Waals surface area contributed by atoms with Crippen LogP contribution >= 0.6 is 69.6 Å². The lowest BCUT2D eigenvalue weighted by Crippen LogP contribution is -2.37. The number of fused-ring (bicyclic) bond motifs is 4. The van der Waals surface area contributed by atoms with Gasteiger partial charge in [-0.25, -0.2) is 14.4 Å². The van der Waals surface area contributed by atoms with Crippen LogP contribution in [0, 0.1) is 11.8 Å². The minimum absolute atomic E-state index is 0. The highest BCUT2D eigenvalue weighted by Gasteiger charge is 2.41. The van der Waals surface area contributed by atoms with Gasteiger partial charge in [0.25, 0.3) is 17.0 Å². The van der Waals surface area contributed by atoms with Crippen molar-refractivity contribution in [3.05, 3.63) is 144 Å². The third kappa shape index (κ3) is 11.4. The van der Waals surface area contributed by atoms with E-state index in [9.17, 15) is 33.9 Å². The molecule has 2 saturated heterocycles. The summed E-state index contributed by atoms with van der Waals surface area (Å²) in [6.07, 6.45) is 7.64. The molecule has 4 bridgehead atoms. The van der Waals surface area contributed by atoms with Crippen molar-refractivity contribution in [1.82, 2.24) is 39.7 Å². The molecule has 1 amide bonds. The van der Waals surface area contributed by atoms with E-state index >= 15 is 0 Å². The highest BCUT2D eigenvalue weighted by atomic mass is 35.5. The Balaban J connectivity index is 0.000000185. The highest BCUT2D eigenvalue weighted by molar-refractivity contribution is 6.38. The predicted molar refractivity (Wildman–Crippen MR) is 267 cm³/mol. The van der Waals surface area contributed by atoms with E-state index in [1.165, 1.54) is 82.5 Å². The molecule has 2 aliphatic heterocycles. The second-order valence-electron chi connectivity index (χ2n) is 16.7. The zero-order chi connectivity index (χ0) is 50.8. The van der Waals surface area contributed by atoms with Crippen LogP contribution in [0.3, 0.4) is 0 Å². The summed E-state index contributed by atoms with van der Waals surface area (Å²) >= 11 is 36.7. The zero-order valence-electron chi connectivity index (χ0n) is 37.3. The van der Waals surface area contributed by atoms with Crippen LogP contribution in [-0.4, -0.2) is 90.8 Å². The first-order valence-corrected chi connectivity index (χ1v) is 23.9. The molecule has 4 fully saturated rings. The molecule has 4 heterocycles. The van der Waals surface area contributed by atoms with Crippen molar-refractivity contribution in [3.8, 4) is 45.9 Å².